The molecule has 31 heavy (non-hydrogen) atoms. The number of sulfonamides is 1. The smallest absolute Gasteiger partial charge is 0.262 e. The van der Waals surface area contributed by atoms with E-state index in [-0.39, 0.29) is 28.5 Å². The maximum absolute atomic E-state index is 12.9. The molecule has 0 heterocycles. The van der Waals surface area contributed by atoms with Gasteiger partial charge >= 0.3 is 0 Å². The summed E-state index contributed by atoms with van der Waals surface area (Å²) in [5.41, 5.74) is 2.23. The summed E-state index contributed by atoms with van der Waals surface area (Å²) >= 11 is 0. The Balaban J connectivity index is 2.14. The van der Waals surface area contributed by atoms with Gasteiger partial charge in [0, 0.05) is 23.5 Å². The van der Waals surface area contributed by atoms with Gasteiger partial charge in [-0.2, -0.15) is 0 Å². The molecule has 1 amide bonds. The van der Waals surface area contributed by atoms with Gasteiger partial charge in [-0.15, -0.1) is 0 Å². The van der Waals surface area contributed by atoms with Crippen molar-refractivity contribution in [2.45, 2.75) is 44.9 Å². The van der Waals surface area contributed by atoms with Crippen LogP contribution in [0.5, 0.6) is 0 Å². The minimum absolute atomic E-state index is 0.00104. The Morgan fingerprint density at radius 2 is 1.65 bits per heavy atom. The van der Waals surface area contributed by atoms with E-state index < -0.39 is 25.8 Å². The Bertz CT molecular complexity index is 1110. The van der Waals surface area contributed by atoms with E-state index in [0.717, 1.165) is 24.8 Å². The molecule has 2 aromatic carbocycles. The third-order valence-corrected chi connectivity index (χ3v) is 8.13. The maximum atomic E-state index is 12.9. The molecule has 0 saturated heterocycles. The van der Waals surface area contributed by atoms with Crippen LogP contribution in [0.2, 0.25) is 0 Å². The van der Waals surface area contributed by atoms with E-state index in [1.165, 1.54) is 12.1 Å². The predicted molar refractivity (Wildman–Crippen MR) is 124 cm³/mol. The van der Waals surface area contributed by atoms with E-state index in [9.17, 15) is 21.6 Å². The van der Waals surface area contributed by atoms with Crippen molar-refractivity contribution in [3.63, 3.8) is 0 Å². The van der Waals surface area contributed by atoms with Crippen LogP contribution < -0.4 is 10.0 Å². The van der Waals surface area contributed by atoms with Gasteiger partial charge in [0.15, 0.2) is 9.84 Å². The van der Waals surface area contributed by atoms with Crippen LogP contribution in [0, 0.1) is 6.92 Å². The second-order valence-electron chi connectivity index (χ2n) is 7.38. The molecule has 0 aromatic heterocycles. The number of sulfone groups is 1. The first-order valence-corrected chi connectivity index (χ1v) is 13.6. The molecule has 0 aliphatic heterocycles. The van der Waals surface area contributed by atoms with Crippen molar-refractivity contribution in [1.82, 2.24) is 5.32 Å². The fraction of sp³-hybridized carbons (Fsp3) is 0.409. The number of anilines is 1. The van der Waals surface area contributed by atoms with Crippen LogP contribution >= 0.6 is 0 Å². The van der Waals surface area contributed by atoms with Crippen LogP contribution in [0.4, 0.5) is 5.69 Å². The van der Waals surface area contributed by atoms with Crippen molar-refractivity contribution < 1.29 is 21.6 Å². The Labute approximate surface area is 185 Å². The molecule has 2 N–H and O–H groups in total. The lowest BCUT2D eigenvalue weighted by molar-refractivity contribution is 0.0956. The third-order valence-electron chi connectivity index (χ3n) is 4.90. The highest BCUT2D eigenvalue weighted by Crippen LogP contribution is 2.21. The lowest BCUT2D eigenvalue weighted by Crippen LogP contribution is -2.29. The first-order chi connectivity index (χ1) is 14.6. The fourth-order valence-corrected chi connectivity index (χ4v) is 4.96. The summed E-state index contributed by atoms with van der Waals surface area (Å²) in [4.78, 5) is 12.4. The number of aryl methyl sites for hydroxylation is 2. The average molecular weight is 467 g/mol. The molecule has 2 rings (SSSR count). The molecule has 0 unspecified atom stereocenters. The summed E-state index contributed by atoms with van der Waals surface area (Å²) in [6.07, 6.45) is 3.11. The SMILES string of the molecule is CCCCc1ccc(NS(=O)(=O)c2cc(C(=O)NCCS(=O)(=O)CC)ccc2C)cc1. The Kier molecular flexibility index (Phi) is 8.64. The van der Waals surface area contributed by atoms with Crippen molar-refractivity contribution in [3.05, 3.63) is 59.2 Å². The van der Waals surface area contributed by atoms with Gasteiger partial charge in [-0.3, -0.25) is 9.52 Å². The van der Waals surface area contributed by atoms with E-state index in [0.29, 0.717) is 11.3 Å². The van der Waals surface area contributed by atoms with Crippen LogP contribution in [-0.2, 0) is 26.3 Å². The minimum atomic E-state index is -3.90. The first kappa shape index (κ1) is 24.9. The van der Waals surface area contributed by atoms with Crippen molar-refractivity contribution in [2.75, 3.05) is 22.8 Å². The van der Waals surface area contributed by atoms with E-state index in [1.807, 2.05) is 12.1 Å². The summed E-state index contributed by atoms with van der Waals surface area (Å²) < 4.78 is 51.5. The molecular weight excluding hydrogens is 436 g/mol. The van der Waals surface area contributed by atoms with Gasteiger partial charge in [0.25, 0.3) is 15.9 Å². The van der Waals surface area contributed by atoms with Crippen molar-refractivity contribution in [2.24, 2.45) is 0 Å². The van der Waals surface area contributed by atoms with Crippen LogP contribution in [0.1, 0.15) is 48.2 Å². The molecule has 170 valence electrons. The monoisotopic (exact) mass is 466 g/mol. The van der Waals surface area contributed by atoms with Crippen molar-refractivity contribution in [3.8, 4) is 0 Å². The number of nitrogens with one attached hydrogen (secondary N) is 2. The molecule has 0 fully saturated rings. The maximum Gasteiger partial charge on any atom is 0.262 e. The molecule has 0 radical (unpaired) electrons. The number of carbonyl (C=O) groups is 1. The standard InChI is InChI=1S/C22H30N2O5S2/c1-4-6-7-18-9-12-20(13-10-18)24-31(28,29)21-16-19(11-8-17(21)3)22(25)23-14-15-30(26,27)5-2/h8-13,16,24H,4-7,14-15H2,1-3H3,(H,23,25). The number of hydrogen-bond acceptors (Lipinski definition) is 5. The summed E-state index contributed by atoms with van der Waals surface area (Å²) in [6, 6.07) is 11.6. The second-order valence-corrected chi connectivity index (χ2v) is 11.5. The molecule has 0 saturated carbocycles. The summed E-state index contributed by atoms with van der Waals surface area (Å²) in [5.74, 6) is -0.689. The van der Waals surface area contributed by atoms with E-state index in [2.05, 4.69) is 17.0 Å². The van der Waals surface area contributed by atoms with Gasteiger partial charge in [-0.05, 0) is 55.2 Å². The van der Waals surface area contributed by atoms with E-state index in [4.69, 9.17) is 0 Å². The van der Waals surface area contributed by atoms with Gasteiger partial charge in [0.2, 0.25) is 0 Å². The molecule has 0 atom stereocenters. The molecule has 7 nitrogen and oxygen atoms in total. The summed E-state index contributed by atoms with van der Waals surface area (Å²) in [6.45, 7) is 5.28. The normalized spacial score (nSPS) is 11.8. The largest absolute Gasteiger partial charge is 0.351 e. The topological polar surface area (TPSA) is 109 Å². The van der Waals surface area contributed by atoms with Crippen molar-refractivity contribution >= 4 is 31.5 Å². The Morgan fingerprint density at radius 1 is 0.968 bits per heavy atom. The number of rotatable bonds is 11. The summed E-state index contributed by atoms with van der Waals surface area (Å²) in [7, 11) is -7.10. The first-order valence-electron chi connectivity index (χ1n) is 10.3. The minimum Gasteiger partial charge on any atom is -0.351 e. The average Bonchev–Trinajstić information content (AvgIpc) is 2.73. The lowest BCUT2D eigenvalue weighted by atomic mass is 10.1. The Morgan fingerprint density at radius 3 is 2.26 bits per heavy atom. The van der Waals surface area contributed by atoms with Gasteiger partial charge in [-0.1, -0.05) is 38.5 Å². The Hall–Kier alpha value is -2.39. The highest BCUT2D eigenvalue weighted by atomic mass is 32.2. The molecule has 9 heteroatoms. The fourth-order valence-electron chi connectivity index (χ4n) is 2.93. The zero-order valence-electron chi connectivity index (χ0n) is 18.1. The van der Waals surface area contributed by atoms with Gasteiger partial charge in [-0.25, -0.2) is 16.8 Å². The number of hydrogen-bond donors (Lipinski definition) is 2. The molecule has 0 aliphatic carbocycles. The van der Waals surface area contributed by atoms with E-state index in [1.54, 1.807) is 32.0 Å². The van der Waals surface area contributed by atoms with Crippen molar-refractivity contribution in [1.29, 1.82) is 0 Å². The van der Waals surface area contributed by atoms with Gasteiger partial charge in [0.05, 0.1) is 10.6 Å². The summed E-state index contributed by atoms with van der Waals surface area (Å²) in [5, 5.41) is 2.53. The van der Waals surface area contributed by atoms with Gasteiger partial charge < -0.3 is 5.32 Å². The number of amides is 1. The second kappa shape index (κ2) is 10.8. The highest BCUT2D eigenvalue weighted by Gasteiger charge is 2.20. The molecule has 2 aromatic rings. The quantitative estimate of drug-likeness (QED) is 0.528. The molecule has 0 bridgehead atoms. The van der Waals surface area contributed by atoms with Crippen LogP contribution in [0.25, 0.3) is 0 Å². The van der Waals surface area contributed by atoms with Gasteiger partial charge in [0.1, 0.15) is 0 Å². The van der Waals surface area contributed by atoms with Crippen LogP contribution in [0.15, 0.2) is 47.4 Å². The number of benzene rings is 2. The predicted octanol–water partition coefficient (Wildman–Crippen LogP) is 3.30. The highest BCUT2D eigenvalue weighted by molar-refractivity contribution is 7.92. The molecule has 0 spiro atoms. The lowest BCUT2D eigenvalue weighted by Gasteiger charge is -2.13. The number of carbonyl (C=O) groups excluding carboxylic acids is 1. The van der Waals surface area contributed by atoms with Crippen LogP contribution in [-0.4, -0.2) is 40.8 Å². The van der Waals surface area contributed by atoms with Crippen LogP contribution in [0.3, 0.4) is 0 Å². The third kappa shape index (κ3) is 7.36. The number of unbranched alkanes of at least 4 members (excludes halogenated alkanes) is 1. The molecular formula is C22H30N2O5S2. The van der Waals surface area contributed by atoms with E-state index >= 15 is 0 Å². The zero-order chi connectivity index (χ0) is 23.1. The molecule has 0 aliphatic rings. The zero-order valence-corrected chi connectivity index (χ0v) is 19.8.